The van der Waals surface area contributed by atoms with Crippen LogP contribution >= 0.6 is 0 Å². The van der Waals surface area contributed by atoms with Crippen LogP contribution in [0.4, 0.5) is 0 Å². The average Bonchev–Trinajstić information content (AvgIpc) is 2.21. The molecule has 0 heterocycles. The molecule has 1 N–H and O–H groups in total. The summed E-state index contributed by atoms with van der Waals surface area (Å²) in [6.45, 7) is 4.42. The summed E-state index contributed by atoms with van der Waals surface area (Å²) in [5.74, 6) is 0.673. The van der Waals surface area contributed by atoms with Crippen LogP contribution in [0.5, 0.6) is 0 Å². The van der Waals surface area contributed by atoms with Gasteiger partial charge in [-0.1, -0.05) is 38.1 Å². The minimum absolute atomic E-state index is 0.196. The van der Waals surface area contributed by atoms with Gasteiger partial charge in [0.15, 0.2) is 0 Å². The quantitative estimate of drug-likeness (QED) is 0.814. The fraction of sp³-hybridized carbons (Fsp3) is 0.462. The molecule has 1 aromatic rings. The Labute approximate surface area is 91.9 Å². The Morgan fingerprint density at radius 2 is 1.87 bits per heavy atom. The maximum Gasteiger partial charge on any atom is 0.121 e. The molecule has 80 valence electrons. The molecule has 15 heavy (non-hydrogen) atoms. The van der Waals surface area contributed by atoms with Crippen molar-refractivity contribution in [3.63, 3.8) is 0 Å². The third-order valence-corrected chi connectivity index (χ3v) is 2.37. The smallest absolute Gasteiger partial charge is 0.121 e. The van der Waals surface area contributed by atoms with E-state index in [2.05, 4.69) is 37.4 Å². The van der Waals surface area contributed by atoms with Crippen molar-refractivity contribution in [3.8, 4) is 6.07 Å². The second kappa shape index (κ2) is 5.53. The lowest BCUT2D eigenvalue weighted by Crippen LogP contribution is -2.13. The molecular weight excluding hydrogens is 184 g/mol. The summed E-state index contributed by atoms with van der Waals surface area (Å²) in [4.78, 5) is 0. The van der Waals surface area contributed by atoms with E-state index in [1.165, 1.54) is 5.56 Å². The molecule has 1 atom stereocenters. The highest BCUT2D eigenvalue weighted by molar-refractivity contribution is 5.28. The van der Waals surface area contributed by atoms with Crippen molar-refractivity contribution in [2.24, 2.45) is 5.92 Å². The number of hydrogen-bond donors (Lipinski definition) is 1. The van der Waals surface area contributed by atoms with E-state index in [0.717, 1.165) is 12.0 Å². The van der Waals surface area contributed by atoms with Gasteiger partial charge in [-0.3, -0.25) is 0 Å². The molecule has 0 spiro atoms. The first-order chi connectivity index (χ1) is 7.17. The number of nitrogens with one attached hydrogen (secondary N) is 1. The van der Waals surface area contributed by atoms with E-state index in [0.29, 0.717) is 5.92 Å². The van der Waals surface area contributed by atoms with Crippen molar-refractivity contribution in [1.82, 2.24) is 5.32 Å². The van der Waals surface area contributed by atoms with E-state index in [1.807, 2.05) is 12.1 Å². The third-order valence-electron chi connectivity index (χ3n) is 2.37. The fourth-order valence-electron chi connectivity index (χ4n) is 1.62. The minimum atomic E-state index is -0.196. The summed E-state index contributed by atoms with van der Waals surface area (Å²) in [6, 6.07) is 10.3. The molecule has 0 aromatic heterocycles. The molecule has 2 heteroatoms. The molecule has 0 aliphatic heterocycles. The average molecular weight is 202 g/mol. The zero-order chi connectivity index (χ0) is 11.3. The van der Waals surface area contributed by atoms with Gasteiger partial charge in [0.2, 0.25) is 0 Å². The molecule has 2 nitrogen and oxygen atoms in total. The number of hydrogen-bond acceptors (Lipinski definition) is 2. The monoisotopic (exact) mass is 202 g/mol. The molecule has 0 aliphatic rings. The van der Waals surface area contributed by atoms with Crippen LogP contribution in [0.25, 0.3) is 0 Å². The minimum Gasteiger partial charge on any atom is -0.301 e. The van der Waals surface area contributed by atoms with E-state index in [1.54, 1.807) is 7.05 Å². The Bertz CT molecular complexity index is 333. The number of nitrogens with zero attached hydrogens (tertiary/aromatic N) is 1. The summed E-state index contributed by atoms with van der Waals surface area (Å²) in [5.41, 5.74) is 2.37. The van der Waals surface area contributed by atoms with Crippen LogP contribution in [0, 0.1) is 17.2 Å². The maximum absolute atomic E-state index is 8.88. The van der Waals surface area contributed by atoms with Crippen molar-refractivity contribution in [2.75, 3.05) is 7.05 Å². The molecule has 1 rings (SSSR count). The van der Waals surface area contributed by atoms with Crippen molar-refractivity contribution in [2.45, 2.75) is 26.3 Å². The Kier molecular flexibility index (Phi) is 4.33. The maximum atomic E-state index is 8.88. The van der Waals surface area contributed by atoms with Gasteiger partial charge in [-0.05, 0) is 30.5 Å². The highest BCUT2D eigenvalue weighted by Gasteiger charge is 2.06. The lowest BCUT2D eigenvalue weighted by atomic mass is 10.00. The van der Waals surface area contributed by atoms with Crippen molar-refractivity contribution < 1.29 is 0 Å². The first-order valence-corrected chi connectivity index (χ1v) is 5.33. The zero-order valence-corrected chi connectivity index (χ0v) is 9.62. The summed E-state index contributed by atoms with van der Waals surface area (Å²) in [6.07, 6.45) is 1.09. The molecule has 0 saturated heterocycles. The number of rotatable bonds is 4. The second-order valence-corrected chi connectivity index (χ2v) is 4.19. The van der Waals surface area contributed by atoms with Crippen LogP contribution in [0.3, 0.4) is 0 Å². The lowest BCUT2D eigenvalue weighted by Gasteiger charge is -2.09. The predicted octanol–water partition coefficient (Wildman–Crippen LogP) is 2.67. The Balaban J connectivity index is 2.76. The number of benzene rings is 1. The van der Waals surface area contributed by atoms with Crippen LogP contribution in [-0.4, -0.2) is 7.05 Å². The number of nitriles is 1. The molecule has 0 aliphatic carbocycles. The Morgan fingerprint density at radius 3 is 2.27 bits per heavy atom. The van der Waals surface area contributed by atoms with Gasteiger partial charge in [-0.25, -0.2) is 0 Å². The van der Waals surface area contributed by atoms with Crippen LogP contribution in [0.15, 0.2) is 24.3 Å². The normalized spacial score (nSPS) is 12.5. The Morgan fingerprint density at radius 1 is 1.27 bits per heavy atom. The SMILES string of the molecule is CNC(C#N)c1ccc(CC(C)C)cc1. The first-order valence-electron chi connectivity index (χ1n) is 5.33. The Hall–Kier alpha value is -1.33. The fourth-order valence-corrected chi connectivity index (χ4v) is 1.62. The van der Waals surface area contributed by atoms with Gasteiger partial charge < -0.3 is 5.32 Å². The molecule has 0 radical (unpaired) electrons. The summed E-state index contributed by atoms with van der Waals surface area (Å²) in [5, 5.41) is 11.8. The van der Waals surface area contributed by atoms with Crippen LogP contribution < -0.4 is 5.32 Å². The third kappa shape index (κ3) is 3.38. The highest BCUT2D eigenvalue weighted by atomic mass is 14.9. The molecule has 0 saturated carbocycles. The summed E-state index contributed by atoms with van der Waals surface area (Å²) in [7, 11) is 1.80. The van der Waals surface area contributed by atoms with Crippen LogP contribution in [0.1, 0.15) is 31.0 Å². The zero-order valence-electron chi connectivity index (χ0n) is 9.62. The highest BCUT2D eigenvalue weighted by Crippen LogP contribution is 2.14. The van der Waals surface area contributed by atoms with Gasteiger partial charge in [0.25, 0.3) is 0 Å². The second-order valence-electron chi connectivity index (χ2n) is 4.19. The van der Waals surface area contributed by atoms with Gasteiger partial charge in [0.05, 0.1) is 6.07 Å². The van der Waals surface area contributed by atoms with Crippen LogP contribution in [-0.2, 0) is 6.42 Å². The lowest BCUT2D eigenvalue weighted by molar-refractivity contribution is 0.646. The largest absolute Gasteiger partial charge is 0.301 e. The van der Waals surface area contributed by atoms with E-state index in [9.17, 15) is 0 Å². The van der Waals surface area contributed by atoms with Gasteiger partial charge >= 0.3 is 0 Å². The molecule has 0 amide bonds. The van der Waals surface area contributed by atoms with Gasteiger partial charge in [0.1, 0.15) is 6.04 Å². The van der Waals surface area contributed by atoms with Crippen molar-refractivity contribution in [3.05, 3.63) is 35.4 Å². The van der Waals surface area contributed by atoms with E-state index in [-0.39, 0.29) is 6.04 Å². The van der Waals surface area contributed by atoms with E-state index in [4.69, 9.17) is 5.26 Å². The predicted molar refractivity (Wildman–Crippen MR) is 62.4 cm³/mol. The van der Waals surface area contributed by atoms with E-state index < -0.39 is 0 Å². The van der Waals surface area contributed by atoms with Crippen LogP contribution in [0.2, 0.25) is 0 Å². The summed E-state index contributed by atoms with van der Waals surface area (Å²) < 4.78 is 0. The van der Waals surface area contributed by atoms with E-state index >= 15 is 0 Å². The van der Waals surface area contributed by atoms with Crippen molar-refractivity contribution >= 4 is 0 Å². The first kappa shape index (κ1) is 11.7. The summed E-state index contributed by atoms with van der Waals surface area (Å²) >= 11 is 0. The van der Waals surface area contributed by atoms with Crippen molar-refractivity contribution in [1.29, 1.82) is 5.26 Å². The van der Waals surface area contributed by atoms with Gasteiger partial charge in [-0.15, -0.1) is 0 Å². The molecule has 0 fully saturated rings. The standard InChI is InChI=1S/C13H18N2/c1-10(2)8-11-4-6-12(7-5-11)13(9-14)15-3/h4-7,10,13,15H,8H2,1-3H3. The molecule has 0 bridgehead atoms. The van der Waals surface area contributed by atoms with Gasteiger partial charge in [-0.2, -0.15) is 5.26 Å². The van der Waals surface area contributed by atoms with Gasteiger partial charge in [0, 0.05) is 0 Å². The molecular formula is C13H18N2. The topological polar surface area (TPSA) is 35.8 Å². The molecule has 1 unspecified atom stereocenters. The molecule has 1 aromatic carbocycles.